The first kappa shape index (κ1) is 9.85. The maximum atomic E-state index is 11.8. The van der Waals surface area contributed by atoms with Crippen molar-refractivity contribution in [1.82, 2.24) is 5.32 Å². The molecule has 0 saturated carbocycles. The van der Waals surface area contributed by atoms with Crippen LogP contribution in [0.5, 0.6) is 0 Å². The molecule has 0 amide bonds. The first-order valence-electron chi connectivity index (χ1n) is 6.19. The lowest BCUT2D eigenvalue weighted by molar-refractivity contribution is -0.145. The summed E-state index contributed by atoms with van der Waals surface area (Å²) in [4.78, 5) is 11.8. The summed E-state index contributed by atoms with van der Waals surface area (Å²) in [5, 5.41) is 3.16. The van der Waals surface area contributed by atoms with Crippen LogP contribution in [0.25, 0.3) is 0 Å². The SMILES string of the molecule is [2H]c1ccccc1[C@@H]1CCN[C@@H]1C(=O)OCC. The van der Waals surface area contributed by atoms with Crippen LogP contribution in [-0.2, 0) is 9.53 Å². The number of esters is 1. The molecule has 0 spiro atoms. The van der Waals surface area contributed by atoms with Gasteiger partial charge >= 0.3 is 5.97 Å². The van der Waals surface area contributed by atoms with Gasteiger partial charge in [-0.1, -0.05) is 30.3 Å². The fourth-order valence-electron chi connectivity index (χ4n) is 2.16. The van der Waals surface area contributed by atoms with E-state index >= 15 is 0 Å². The van der Waals surface area contributed by atoms with Gasteiger partial charge in [0, 0.05) is 5.92 Å². The molecule has 1 N–H and O–H groups in total. The van der Waals surface area contributed by atoms with Crippen LogP contribution in [0.1, 0.15) is 26.2 Å². The van der Waals surface area contributed by atoms with Gasteiger partial charge in [-0.3, -0.25) is 4.79 Å². The molecule has 0 radical (unpaired) electrons. The number of rotatable bonds is 3. The summed E-state index contributed by atoms with van der Waals surface area (Å²) < 4.78 is 12.9. The lowest BCUT2D eigenvalue weighted by Crippen LogP contribution is -2.36. The molecule has 1 aliphatic heterocycles. The predicted octanol–water partition coefficient (Wildman–Crippen LogP) is 1.70. The molecule has 1 aromatic carbocycles. The molecule has 0 aliphatic carbocycles. The van der Waals surface area contributed by atoms with Crippen molar-refractivity contribution >= 4 is 5.97 Å². The highest BCUT2D eigenvalue weighted by Crippen LogP contribution is 2.28. The normalized spacial score (nSPS) is 25.2. The van der Waals surface area contributed by atoms with Crippen molar-refractivity contribution < 1.29 is 10.9 Å². The Bertz CT molecular complexity index is 408. The second-order valence-electron chi connectivity index (χ2n) is 3.90. The number of ether oxygens (including phenoxy) is 1. The molecule has 2 rings (SSSR count). The Hall–Kier alpha value is -1.35. The Kier molecular flexibility index (Phi) is 3.15. The molecular weight excluding hydrogens is 202 g/mol. The minimum atomic E-state index is -0.304. The van der Waals surface area contributed by atoms with E-state index in [4.69, 9.17) is 6.11 Å². The molecule has 1 heterocycles. The summed E-state index contributed by atoms with van der Waals surface area (Å²) in [6.45, 7) is 3.00. The van der Waals surface area contributed by atoms with Gasteiger partial charge in [-0.15, -0.1) is 0 Å². The average Bonchev–Trinajstić information content (AvgIpc) is 2.79. The summed E-state index contributed by atoms with van der Waals surface area (Å²) in [6.07, 6.45) is 0.874. The van der Waals surface area contributed by atoms with E-state index in [1.807, 2.05) is 18.2 Å². The van der Waals surface area contributed by atoms with E-state index in [1.54, 1.807) is 13.0 Å². The molecule has 1 saturated heterocycles. The van der Waals surface area contributed by atoms with Crippen molar-refractivity contribution in [2.45, 2.75) is 25.3 Å². The van der Waals surface area contributed by atoms with Gasteiger partial charge in [0.1, 0.15) is 6.04 Å². The summed E-state index contributed by atoms with van der Waals surface area (Å²) in [6, 6.07) is 7.63. The summed E-state index contributed by atoms with van der Waals surface area (Å²) in [5.74, 6) is -0.152. The van der Waals surface area contributed by atoms with Crippen LogP contribution in [0.15, 0.2) is 30.3 Å². The van der Waals surface area contributed by atoms with Crippen molar-refractivity contribution in [3.8, 4) is 0 Å². The smallest absolute Gasteiger partial charge is 0.323 e. The molecule has 3 heteroatoms. The highest BCUT2D eigenvalue weighted by molar-refractivity contribution is 5.77. The maximum Gasteiger partial charge on any atom is 0.323 e. The van der Waals surface area contributed by atoms with Gasteiger partial charge in [0.25, 0.3) is 0 Å². The van der Waals surface area contributed by atoms with E-state index in [-0.39, 0.29) is 17.9 Å². The van der Waals surface area contributed by atoms with Crippen LogP contribution in [0.2, 0.25) is 0 Å². The summed E-state index contributed by atoms with van der Waals surface area (Å²) >= 11 is 0. The zero-order valence-electron chi connectivity index (χ0n) is 10.4. The third-order valence-electron chi connectivity index (χ3n) is 2.90. The fourth-order valence-corrected chi connectivity index (χ4v) is 2.16. The summed E-state index contributed by atoms with van der Waals surface area (Å²) in [7, 11) is 0. The third kappa shape index (κ3) is 2.25. The van der Waals surface area contributed by atoms with Gasteiger partial charge in [0.15, 0.2) is 0 Å². The Morgan fingerprint density at radius 3 is 3.25 bits per heavy atom. The van der Waals surface area contributed by atoms with E-state index in [9.17, 15) is 4.79 Å². The van der Waals surface area contributed by atoms with Crippen molar-refractivity contribution in [1.29, 1.82) is 0 Å². The highest BCUT2D eigenvalue weighted by atomic mass is 16.5. The first-order chi connectivity index (χ1) is 8.24. The van der Waals surface area contributed by atoms with Crippen molar-refractivity contribution in [2.24, 2.45) is 0 Å². The Labute approximate surface area is 97.2 Å². The van der Waals surface area contributed by atoms with Crippen molar-refractivity contribution in [2.75, 3.05) is 13.2 Å². The van der Waals surface area contributed by atoms with Crippen LogP contribution < -0.4 is 5.32 Å². The number of carbonyl (C=O) groups excluding carboxylic acids is 1. The Morgan fingerprint density at radius 1 is 1.62 bits per heavy atom. The highest BCUT2D eigenvalue weighted by Gasteiger charge is 2.34. The molecule has 16 heavy (non-hydrogen) atoms. The van der Waals surface area contributed by atoms with Gasteiger partial charge in [0.2, 0.25) is 0 Å². The monoisotopic (exact) mass is 220 g/mol. The largest absolute Gasteiger partial charge is 0.465 e. The topological polar surface area (TPSA) is 38.3 Å². The van der Waals surface area contributed by atoms with Gasteiger partial charge in [0.05, 0.1) is 7.98 Å². The number of benzene rings is 1. The maximum absolute atomic E-state index is 11.8. The van der Waals surface area contributed by atoms with Crippen LogP contribution >= 0.6 is 0 Å². The molecule has 3 nitrogen and oxygen atoms in total. The zero-order valence-corrected chi connectivity index (χ0v) is 9.40. The van der Waals surface area contributed by atoms with Gasteiger partial charge in [-0.2, -0.15) is 0 Å². The van der Waals surface area contributed by atoms with E-state index in [0.29, 0.717) is 12.6 Å². The van der Waals surface area contributed by atoms with E-state index in [2.05, 4.69) is 5.32 Å². The first-order valence-corrected chi connectivity index (χ1v) is 5.69. The molecule has 1 aromatic rings. The van der Waals surface area contributed by atoms with E-state index < -0.39 is 0 Å². The minimum absolute atomic E-state index is 0.0581. The summed E-state index contributed by atoms with van der Waals surface area (Å²) in [5.41, 5.74) is 0.926. The Morgan fingerprint density at radius 2 is 2.50 bits per heavy atom. The fraction of sp³-hybridized carbons (Fsp3) is 0.462. The molecule has 1 fully saturated rings. The average molecular weight is 220 g/mol. The van der Waals surface area contributed by atoms with E-state index in [0.717, 1.165) is 18.5 Å². The van der Waals surface area contributed by atoms with Gasteiger partial charge < -0.3 is 10.1 Å². The standard InChI is InChI=1S/C13H17NO2/c1-2-16-13(15)12-11(8-9-14-12)10-6-4-3-5-7-10/h3-7,11-12,14H,2,8-9H2,1H3/t11-,12-/m0/s1/i6D. The van der Waals surface area contributed by atoms with Crippen LogP contribution in [-0.4, -0.2) is 25.2 Å². The minimum Gasteiger partial charge on any atom is -0.465 e. The predicted molar refractivity (Wildman–Crippen MR) is 62.2 cm³/mol. The van der Waals surface area contributed by atoms with Crippen molar-refractivity contribution in [3.63, 3.8) is 0 Å². The Balaban J connectivity index is 2.20. The van der Waals surface area contributed by atoms with Crippen LogP contribution in [0, 0.1) is 0 Å². The number of hydrogen-bond acceptors (Lipinski definition) is 3. The number of carbonyl (C=O) groups is 1. The molecule has 0 bridgehead atoms. The van der Waals surface area contributed by atoms with Crippen LogP contribution in [0.4, 0.5) is 0 Å². The number of nitrogens with one attached hydrogen (secondary N) is 1. The lowest BCUT2D eigenvalue weighted by Gasteiger charge is -2.18. The molecule has 0 aromatic heterocycles. The van der Waals surface area contributed by atoms with E-state index in [1.165, 1.54) is 0 Å². The molecular formula is C13H17NO2. The van der Waals surface area contributed by atoms with Crippen LogP contribution in [0.3, 0.4) is 0 Å². The lowest BCUT2D eigenvalue weighted by atomic mass is 9.92. The van der Waals surface area contributed by atoms with Crippen molar-refractivity contribution in [3.05, 3.63) is 35.9 Å². The quantitative estimate of drug-likeness (QED) is 0.788. The second-order valence-corrected chi connectivity index (χ2v) is 3.90. The third-order valence-corrected chi connectivity index (χ3v) is 2.90. The second kappa shape index (κ2) is 5.12. The molecule has 0 unspecified atom stereocenters. The van der Waals surface area contributed by atoms with Gasteiger partial charge in [-0.05, 0) is 25.5 Å². The number of hydrogen-bond donors (Lipinski definition) is 1. The zero-order chi connectivity index (χ0) is 12.3. The molecule has 2 atom stereocenters. The molecule has 1 aliphatic rings. The molecule has 86 valence electrons. The van der Waals surface area contributed by atoms with Gasteiger partial charge in [-0.25, -0.2) is 0 Å².